The van der Waals surface area contributed by atoms with Gasteiger partial charge < -0.3 is 4.74 Å². The molecule has 1 aliphatic rings. The molecule has 1 aliphatic carbocycles. The van der Waals surface area contributed by atoms with Crippen LogP contribution in [-0.4, -0.2) is 30.3 Å². The van der Waals surface area contributed by atoms with E-state index in [0.29, 0.717) is 5.56 Å². The van der Waals surface area contributed by atoms with Gasteiger partial charge in [0.25, 0.3) is 15.2 Å². The summed E-state index contributed by atoms with van der Waals surface area (Å²) >= 11 is 0. The highest BCUT2D eigenvalue weighted by atomic mass is 32.2. The number of nitrogens with two attached hydrogens (primary N) is 1. The summed E-state index contributed by atoms with van der Waals surface area (Å²) in [4.78, 5) is 0. The quantitative estimate of drug-likeness (QED) is 0.910. The molecule has 1 saturated carbocycles. The van der Waals surface area contributed by atoms with Gasteiger partial charge in [-0.1, -0.05) is 0 Å². The summed E-state index contributed by atoms with van der Waals surface area (Å²) in [5.74, 6) is -0.177. The van der Waals surface area contributed by atoms with Crippen molar-refractivity contribution in [1.82, 2.24) is 14.8 Å². The molecule has 0 radical (unpaired) electrons. The molecule has 1 aromatic heterocycles. The van der Waals surface area contributed by atoms with Gasteiger partial charge >= 0.3 is 0 Å². The first-order valence-electron chi connectivity index (χ1n) is 6.23. The maximum atomic E-state index is 13.8. The van der Waals surface area contributed by atoms with Crippen LogP contribution in [0.1, 0.15) is 18.9 Å². The predicted molar refractivity (Wildman–Crippen MR) is 71.6 cm³/mol. The molecule has 0 atom stereocenters. The van der Waals surface area contributed by atoms with Crippen molar-refractivity contribution in [2.75, 3.05) is 7.11 Å². The molecule has 21 heavy (non-hydrogen) atoms. The minimum Gasteiger partial charge on any atom is -0.494 e. The van der Waals surface area contributed by atoms with Crippen LogP contribution in [0, 0.1) is 5.82 Å². The summed E-state index contributed by atoms with van der Waals surface area (Å²) in [5, 5.41) is 12.4. The second-order valence-corrected chi connectivity index (χ2v) is 6.26. The van der Waals surface area contributed by atoms with Gasteiger partial charge in [0.15, 0.2) is 17.4 Å². The second kappa shape index (κ2) is 4.78. The topological polar surface area (TPSA) is 100 Å². The highest BCUT2D eigenvalue weighted by Gasteiger charge is 2.33. The molecule has 9 heteroatoms. The first-order chi connectivity index (χ1) is 9.91. The fourth-order valence-electron chi connectivity index (χ4n) is 2.14. The van der Waals surface area contributed by atoms with Crippen molar-refractivity contribution in [2.24, 2.45) is 5.14 Å². The lowest BCUT2D eigenvalue weighted by atomic mass is 10.2. The van der Waals surface area contributed by atoms with Crippen LogP contribution in [0.25, 0.3) is 11.4 Å². The Morgan fingerprint density at radius 2 is 2.10 bits per heavy atom. The predicted octanol–water partition coefficient (Wildman–Crippen LogP) is 1.08. The van der Waals surface area contributed by atoms with Crippen molar-refractivity contribution < 1.29 is 17.5 Å². The molecular weight excluding hydrogens is 299 g/mol. The average Bonchev–Trinajstić information content (AvgIpc) is 3.15. The SMILES string of the molecule is COc1ccc(-c2nnc(S(N)(=O)=O)n2C2CC2)cc1F. The third kappa shape index (κ3) is 2.49. The molecule has 1 aromatic carbocycles. The maximum Gasteiger partial charge on any atom is 0.273 e. The Balaban J connectivity index is 2.15. The number of hydrogen-bond donors (Lipinski definition) is 1. The van der Waals surface area contributed by atoms with Crippen molar-refractivity contribution in [3.05, 3.63) is 24.0 Å². The van der Waals surface area contributed by atoms with Crippen molar-refractivity contribution in [3.8, 4) is 17.1 Å². The van der Waals surface area contributed by atoms with E-state index in [0.717, 1.165) is 12.8 Å². The van der Waals surface area contributed by atoms with Gasteiger partial charge in [-0.25, -0.2) is 17.9 Å². The van der Waals surface area contributed by atoms with Crippen molar-refractivity contribution in [3.63, 3.8) is 0 Å². The van der Waals surface area contributed by atoms with Crippen LogP contribution >= 0.6 is 0 Å². The minimum absolute atomic E-state index is 0.0199. The molecule has 0 amide bonds. The number of aromatic nitrogens is 3. The Labute approximate surface area is 120 Å². The van der Waals surface area contributed by atoms with Gasteiger partial charge in [-0.05, 0) is 31.0 Å². The third-order valence-corrected chi connectivity index (χ3v) is 4.03. The first kappa shape index (κ1) is 14.0. The maximum absolute atomic E-state index is 13.8. The average molecular weight is 312 g/mol. The lowest BCUT2D eigenvalue weighted by molar-refractivity contribution is 0.386. The Kier molecular flexibility index (Phi) is 3.18. The largest absolute Gasteiger partial charge is 0.494 e. The van der Waals surface area contributed by atoms with Crippen LogP contribution in [0.15, 0.2) is 23.4 Å². The van der Waals surface area contributed by atoms with Gasteiger partial charge in [0.1, 0.15) is 0 Å². The highest BCUT2D eigenvalue weighted by Crippen LogP contribution is 2.40. The lowest BCUT2D eigenvalue weighted by Crippen LogP contribution is -2.18. The van der Waals surface area contributed by atoms with Gasteiger partial charge in [-0.3, -0.25) is 4.57 Å². The molecule has 0 aliphatic heterocycles. The summed E-state index contributed by atoms with van der Waals surface area (Å²) < 4.78 is 43.2. The molecule has 3 rings (SSSR count). The van der Waals surface area contributed by atoms with Crippen LogP contribution in [0.2, 0.25) is 0 Å². The van der Waals surface area contributed by atoms with Gasteiger partial charge in [-0.15, -0.1) is 10.2 Å². The summed E-state index contributed by atoms with van der Waals surface area (Å²) in [6, 6.07) is 4.26. The van der Waals surface area contributed by atoms with Gasteiger partial charge in [-0.2, -0.15) is 0 Å². The first-order valence-corrected chi connectivity index (χ1v) is 7.78. The molecule has 2 aromatic rings. The number of hydrogen-bond acceptors (Lipinski definition) is 5. The van der Waals surface area contributed by atoms with E-state index >= 15 is 0 Å². The number of rotatable bonds is 4. The molecule has 0 unspecified atom stereocenters. The smallest absolute Gasteiger partial charge is 0.273 e. The standard InChI is InChI=1S/C12H13FN4O3S/c1-20-10-5-2-7(6-9(10)13)11-15-16-12(21(14,18)19)17(11)8-3-4-8/h2,5-6,8H,3-4H2,1H3,(H2,14,18,19). The number of sulfonamides is 1. The van der Waals surface area contributed by atoms with E-state index in [-0.39, 0.29) is 22.8 Å². The van der Waals surface area contributed by atoms with Gasteiger partial charge in [0, 0.05) is 11.6 Å². The van der Waals surface area contributed by atoms with Gasteiger partial charge in [0.2, 0.25) is 0 Å². The van der Waals surface area contributed by atoms with Crippen LogP contribution in [-0.2, 0) is 10.0 Å². The molecule has 1 heterocycles. The van der Waals surface area contributed by atoms with E-state index in [1.54, 1.807) is 6.07 Å². The van der Waals surface area contributed by atoms with Crippen LogP contribution in [0.3, 0.4) is 0 Å². The Bertz CT molecular complexity index is 799. The van der Waals surface area contributed by atoms with Crippen LogP contribution < -0.4 is 9.88 Å². The number of benzene rings is 1. The number of nitrogens with zero attached hydrogens (tertiary/aromatic N) is 3. The van der Waals surface area contributed by atoms with E-state index in [2.05, 4.69) is 10.2 Å². The Morgan fingerprint density at radius 3 is 2.62 bits per heavy atom. The summed E-state index contributed by atoms with van der Waals surface area (Å²) in [6.07, 6.45) is 1.62. The van der Waals surface area contributed by atoms with E-state index in [9.17, 15) is 12.8 Å². The lowest BCUT2D eigenvalue weighted by Gasteiger charge is -2.08. The number of ether oxygens (including phenoxy) is 1. The molecular formula is C12H13FN4O3S. The van der Waals surface area contributed by atoms with Crippen molar-refractivity contribution in [1.29, 1.82) is 0 Å². The highest BCUT2D eigenvalue weighted by molar-refractivity contribution is 7.89. The molecule has 0 spiro atoms. The zero-order valence-corrected chi connectivity index (χ0v) is 12.0. The number of halogens is 1. The zero-order valence-electron chi connectivity index (χ0n) is 11.2. The molecule has 112 valence electrons. The normalized spacial score (nSPS) is 15.2. The molecule has 7 nitrogen and oxygen atoms in total. The summed E-state index contributed by atoms with van der Waals surface area (Å²) in [7, 11) is -2.61. The monoisotopic (exact) mass is 312 g/mol. The van der Waals surface area contributed by atoms with E-state index < -0.39 is 15.8 Å². The molecule has 0 bridgehead atoms. The summed E-state index contributed by atoms with van der Waals surface area (Å²) in [5.41, 5.74) is 0.419. The second-order valence-electron chi connectivity index (χ2n) is 4.80. The van der Waals surface area contributed by atoms with E-state index in [1.165, 1.54) is 23.8 Å². The number of primary sulfonamides is 1. The molecule has 2 N–H and O–H groups in total. The summed E-state index contributed by atoms with van der Waals surface area (Å²) in [6.45, 7) is 0. The Hall–Kier alpha value is -2.00. The fraction of sp³-hybridized carbons (Fsp3) is 0.333. The van der Waals surface area contributed by atoms with E-state index in [1.807, 2.05) is 0 Å². The van der Waals surface area contributed by atoms with Crippen molar-refractivity contribution in [2.45, 2.75) is 24.0 Å². The third-order valence-electron chi connectivity index (χ3n) is 3.24. The van der Waals surface area contributed by atoms with Crippen LogP contribution in [0.5, 0.6) is 5.75 Å². The Morgan fingerprint density at radius 1 is 1.38 bits per heavy atom. The zero-order chi connectivity index (χ0) is 15.2. The van der Waals surface area contributed by atoms with E-state index in [4.69, 9.17) is 9.88 Å². The number of methoxy groups -OCH3 is 1. The van der Waals surface area contributed by atoms with Crippen LogP contribution in [0.4, 0.5) is 4.39 Å². The van der Waals surface area contributed by atoms with Crippen molar-refractivity contribution >= 4 is 10.0 Å². The molecule has 1 fully saturated rings. The minimum atomic E-state index is -3.98. The fourth-order valence-corrected chi connectivity index (χ4v) is 2.80. The van der Waals surface area contributed by atoms with Gasteiger partial charge in [0.05, 0.1) is 7.11 Å². The molecule has 0 saturated heterocycles.